The first-order valence-electron chi connectivity index (χ1n) is 8.57. The molecule has 0 spiro atoms. The molecule has 0 atom stereocenters. The number of unbranched alkanes of at least 4 members (excludes halogenated alkanes) is 1. The second kappa shape index (κ2) is 10.2. The number of carbonyl (C=O) groups is 2. The SMILES string of the molecule is CCCCOc1ccc(C(=O)OCC(=O)Nc2ccc(F)cc2)cc1OC. The number of amides is 1. The highest BCUT2D eigenvalue weighted by atomic mass is 19.1. The fraction of sp³-hybridized carbons (Fsp3) is 0.300. The van der Waals surface area contributed by atoms with Crippen molar-refractivity contribution in [1.82, 2.24) is 0 Å². The monoisotopic (exact) mass is 375 g/mol. The van der Waals surface area contributed by atoms with Gasteiger partial charge in [-0.1, -0.05) is 13.3 Å². The summed E-state index contributed by atoms with van der Waals surface area (Å²) in [6.07, 6.45) is 1.92. The number of ether oxygens (including phenoxy) is 3. The molecular weight excluding hydrogens is 353 g/mol. The number of halogens is 1. The second-order valence-electron chi connectivity index (χ2n) is 5.70. The summed E-state index contributed by atoms with van der Waals surface area (Å²) < 4.78 is 28.7. The van der Waals surface area contributed by atoms with Crippen LogP contribution in [0.1, 0.15) is 30.1 Å². The average molecular weight is 375 g/mol. The molecule has 0 unspecified atom stereocenters. The van der Waals surface area contributed by atoms with Gasteiger partial charge >= 0.3 is 5.97 Å². The van der Waals surface area contributed by atoms with Gasteiger partial charge in [0.05, 0.1) is 19.3 Å². The predicted molar refractivity (Wildman–Crippen MR) is 98.7 cm³/mol. The minimum Gasteiger partial charge on any atom is -0.493 e. The predicted octanol–water partition coefficient (Wildman–Crippen LogP) is 3.81. The van der Waals surface area contributed by atoms with Crippen LogP contribution in [0.2, 0.25) is 0 Å². The van der Waals surface area contributed by atoms with Crippen LogP contribution >= 0.6 is 0 Å². The summed E-state index contributed by atoms with van der Waals surface area (Å²) in [6, 6.07) is 9.94. The molecule has 0 saturated carbocycles. The van der Waals surface area contributed by atoms with E-state index in [0.29, 0.717) is 23.8 Å². The van der Waals surface area contributed by atoms with Gasteiger partial charge in [-0.3, -0.25) is 4.79 Å². The summed E-state index contributed by atoms with van der Waals surface area (Å²) in [5.41, 5.74) is 0.650. The zero-order chi connectivity index (χ0) is 19.6. The lowest BCUT2D eigenvalue weighted by molar-refractivity contribution is -0.119. The molecule has 27 heavy (non-hydrogen) atoms. The van der Waals surface area contributed by atoms with E-state index in [1.54, 1.807) is 12.1 Å². The second-order valence-corrected chi connectivity index (χ2v) is 5.70. The van der Waals surface area contributed by atoms with E-state index in [0.717, 1.165) is 12.8 Å². The van der Waals surface area contributed by atoms with Gasteiger partial charge < -0.3 is 19.5 Å². The summed E-state index contributed by atoms with van der Waals surface area (Å²) in [7, 11) is 1.48. The molecule has 7 heteroatoms. The Morgan fingerprint density at radius 1 is 1.07 bits per heavy atom. The van der Waals surface area contributed by atoms with Crippen LogP contribution in [0.5, 0.6) is 11.5 Å². The van der Waals surface area contributed by atoms with Crippen molar-refractivity contribution in [3.05, 3.63) is 53.8 Å². The van der Waals surface area contributed by atoms with Gasteiger partial charge in [0.25, 0.3) is 5.91 Å². The molecule has 1 amide bonds. The molecule has 144 valence electrons. The largest absolute Gasteiger partial charge is 0.493 e. The Hall–Kier alpha value is -3.09. The van der Waals surface area contributed by atoms with Crippen LogP contribution in [-0.2, 0) is 9.53 Å². The third-order valence-electron chi connectivity index (χ3n) is 3.62. The Balaban J connectivity index is 1.90. The molecule has 1 N–H and O–H groups in total. The van der Waals surface area contributed by atoms with Crippen molar-refractivity contribution in [3.63, 3.8) is 0 Å². The lowest BCUT2D eigenvalue weighted by atomic mass is 10.2. The van der Waals surface area contributed by atoms with Crippen LogP contribution in [0.4, 0.5) is 10.1 Å². The first kappa shape index (κ1) is 20.2. The topological polar surface area (TPSA) is 73.9 Å². The number of nitrogens with one attached hydrogen (secondary N) is 1. The van der Waals surface area contributed by atoms with Crippen LogP contribution in [0.15, 0.2) is 42.5 Å². The van der Waals surface area contributed by atoms with E-state index >= 15 is 0 Å². The molecule has 0 fully saturated rings. The summed E-state index contributed by atoms with van der Waals surface area (Å²) >= 11 is 0. The van der Waals surface area contributed by atoms with Crippen molar-refractivity contribution < 1.29 is 28.2 Å². The van der Waals surface area contributed by atoms with Gasteiger partial charge in [-0.2, -0.15) is 0 Å². The van der Waals surface area contributed by atoms with Crippen LogP contribution < -0.4 is 14.8 Å². The number of benzene rings is 2. The maximum atomic E-state index is 12.8. The van der Waals surface area contributed by atoms with Gasteiger partial charge in [-0.05, 0) is 48.9 Å². The first-order chi connectivity index (χ1) is 13.0. The van der Waals surface area contributed by atoms with E-state index in [-0.39, 0.29) is 5.56 Å². The van der Waals surface area contributed by atoms with Gasteiger partial charge in [-0.15, -0.1) is 0 Å². The smallest absolute Gasteiger partial charge is 0.338 e. The number of methoxy groups -OCH3 is 1. The van der Waals surface area contributed by atoms with E-state index in [9.17, 15) is 14.0 Å². The van der Waals surface area contributed by atoms with Gasteiger partial charge in [0.15, 0.2) is 18.1 Å². The number of hydrogen-bond acceptors (Lipinski definition) is 5. The molecule has 0 radical (unpaired) electrons. The van der Waals surface area contributed by atoms with Crippen molar-refractivity contribution in [2.75, 3.05) is 25.6 Å². The van der Waals surface area contributed by atoms with E-state index in [4.69, 9.17) is 14.2 Å². The molecule has 0 aliphatic heterocycles. The zero-order valence-electron chi connectivity index (χ0n) is 15.3. The minimum absolute atomic E-state index is 0.240. The molecule has 0 bridgehead atoms. The van der Waals surface area contributed by atoms with E-state index in [1.165, 1.54) is 37.4 Å². The third kappa shape index (κ3) is 6.29. The lowest BCUT2D eigenvalue weighted by Crippen LogP contribution is -2.21. The molecule has 0 aromatic heterocycles. The van der Waals surface area contributed by atoms with E-state index < -0.39 is 24.3 Å². The quantitative estimate of drug-likeness (QED) is 0.533. The molecule has 0 aliphatic rings. The van der Waals surface area contributed by atoms with Crippen LogP contribution in [-0.4, -0.2) is 32.2 Å². The Morgan fingerprint density at radius 3 is 2.48 bits per heavy atom. The number of carbonyl (C=O) groups excluding carboxylic acids is 2. The Morgan fingerprint density at radius 2 is 1.81 bits per heavy atom. The highest BCUT2D eigenvalue weighted by Crippen LogP contribution is 2.28. The molecule has 2 aromatic carbocycles. The third-order valence-corrected chi connectivity index (χ3v) is 3.62. The van der Waals surface area contributed by atoms with Gasteiger partial charge in [0.1, 0.15) is 5.82 Å². The first-order valence-corrected chi connectivity index (χ1v) is 8.57. The standard InChI is InChI=1S/C20H22FNO5/c1-3-4-11-26-17-10-5-14(12-18(17)25-2)20(24)27-13-19(23)22-16-8-6-15(21)7-9-16/h5-10,12H,3-4,11,13H2,1-2H3,(H,22,23). The molecule has 0 aliphatic carbocycles. The van der Waals surface area contributed by atoms with E-state index in [2.05, 4.69) is 12.2 Å². The fourth-order valence-electron chi connectivity index (χ4n) is 2.18. The van der Waals surface area contributed by atoms with Crippen LogP contribution in [0, 0.1) is 5.82 Å². The van der Waals surface area contributed by atoms with Crippen molar-refractivity contribution in [2.45, 2.75) is 19.8 Å². The number of rotatable bonds is 9. The van der Waals surface area contributed by atoms with Crippen molar-refractivity contribution in [3.8, 4) is 11.5 Å². The van der Waals surface area contributed by atoms with Crippen LogP contribution in [0.3, 0.4) is 0 Å². The molecule has 0 saturated heterocycles. The minimum atomic E-state index is -0.664. The van der Waals surface area contributed by atoms with Crippen molar-refractivity contribution in [1.29, 1.82) is 0 Å². The zero-order valence-corrected chi connectivity index (χ0v) is 15.3. The molecule has 0 heterocycles. The normalized spacial score (nSPS) is 10.2. The Bertz CT molecular complexity index is 776. The Kier molecular flexibility index (Phi) is 7.61. The fourth-order valence-corrected chi connectivity index (χ4v) is 2.18. The summed E-state index contributed by atoms with van der Waals surface area (Å²) in [5.74, 6) is -0.646. The number of esters is 1. The summed E-state index contributed by atoms with van der Waals surface area (Å²) in [6.45, 7) is 2.15. The average Bonchev–Trinajstić information content (AvgIpc) is 2.68. The maximum absolute atomic E-state index is 12.8. The van der Waals surface area contributed by atoms with Gasteiger partial charge in [-0.25, -0.2) is 9.18 Å². The molecular formula is C20H22FNO5. The van der Waals surface area contributed by atoms with Gasteiger partial charge in [0, 0.05) is 5.69 Å². The highest BCUT2D eigenvalue weighted by Gasteiger charge is 2.14. The van der Waals surface area contributed by atoms with Gasteiger partial charge in [0.2, 0.25) is 0 Å². The van der Waals surface area contributed by atoms with Crippen LogP contribution in [0.25, 0.3) is 0 Å². The summed E-state index contributed by atoms with van der Waals surface area (Å²) in [5, 5.41) is 2.51. The summed E-state index contributed by atoms with van der Waals surface area (Å²) in [4.78, 5) is 24.0. The van der Waals surface area contributed by atoms with E-state index in [1.807, 2.05) is 0 Å². The molecule has 6 nitrogen and oxygen atoms in total. The highest BCUT2D eigenvalue weighted by molar-refractivity contribution is 5.95. The number of hydrogen-bond donors (Lipinski definition) is 1. The maximum Gasteiger partial charge on any atom is 0.338 e. The van der Waals surface area contributed by atoms with Crippen molar-refractivity contribution >= 4 is 17.6 Å². The molecule has 2 rings (SSSR count). The molecule has 2 aromatic rings. The van der Waals surface area contributed by atoms with Crippen molar-refractivity contribution in [2.24, 2.45) is 0 Å². The Labute approximate surface area is 157 Å². The lowest BCUT2D eigenvalue weighted by Gasteiger charge is -2.12. The number of anilines is 1.